The van der Waals surface area contributed by atoms with E-state index >= 15 is 0 Å². The van der Waals surface area contributed by atoms with E-state index in [1.807, 2.05) is 6.92 Å². The van der Waals surface area contributed by atoms with Crippen molar-refractivity contribution in [2.24, 2.45) is 11.3 Å². The molecule has 1 heterocycles. The van der Waals surface area contributed by atoms with Crippen LogP contribution in [-0.4, -0.2) is 29.8 Å². The third kappa shape index (κ3) is 2.21. The largest absolute Gasteiger partial charge is 0.466 e. The molecular weight excluding hydrogens is 270 g/mol. The van der Waals surface area contributed by atoms with Crippen LogP contribution in [0.25, 0.3) is 0 Å². The molecule has 2 aliphatic rings. The summed E-state index contributed by atoms with van der Waals surface area (Å²) in [6.07, 6.45) is 2.33. The van der Waals surface area contributed by atoms with Crippen LogP contribution in [0.1, 0.15) is 26.7 Å². The molecule has 3 atom stereocenters. The molecule has 0 radical (unpaired) electrons. The summed E-state index contributed by atoms with van der Waals surface area (Å²) in [5, 5.41) is 13.4. The van der Waals surface area contributed by atoms with Gasteiger partial charge >= 0.3 is 5.97 Å². The molecule has 5 nitrogen and oxygen atoms in total. The lowest BCUT2D eigenvalue weighted by molar-refractivity contribution is -0.138. The van der Waals surface area contributed by atoms with E-state index in [9.17, 15) is 14.7 Å². The molecule has 0 aromatic heterocycles. The lowest BCUT2D eigenvalue weighted by atomic mass is 9.61. The Morgan fingerprint density at radius 2 is 2.19 bits per heavy atom. The van der Waals surface area contributed by atoms with E-state index in [1.165, 1.54) is 7.11 Å². The van der Waals surface area contributed by atoms with Crippen molar-refractivity contribution in [3.63, 3.8) is 0 Å². The zero-order valence-corrected chi connectivity index (χ0v) is 12.7. The van der Waals surface area contributed by atoms with E-state index in [0.29, 0.717) is 23.1 Å². The van der Waals surface area contributed by atoms with Gasteiger partial charge in [0, 0.05) is 23.5 Å². The van der Waals surface area contributed by atoms with Gasteiger partial charge in [-0.05, 0) is 24.3 Å². The lowest BCUT2D eigenvalue weighted by Gasteiger charge is -2.47. The van der Waals surface area contributed by atoms with Gasteiger partial charge in [-0.25, -0.2) is 4.79 Å². The van der Waals surface area contributed by atoms with Gasteiger partial charge in [0.05, 0.1) is 7.11 Å². The van der Waals surface area contributed by atoms with Gasteiger partial charge in [0.15, 0.2) is 5.72 Å². The van der Waals surface area contributed by atoms with E-state index in [0.717, 1.165) is 0 Å². The summed E-state index contributed by atoms with van der Waals surface area (Å²) >= 11 is 0. The molecule has 0 bridgehead atoms. The summed E-state index contributed by atoms with van der Waals surface area (Å²) in [7, 11) is 1.31. The molecule has 0 aromatic rings. The number of allylic oxidation sites excluding steroid dienone is 1. The number of carbonyl (C=O) groups is 2. The lowest BCUT2D eigenvalue weighted by Crippen LogP contribution is -2.53. The fourth-order valence-corrected chi connectivity index (χ4v) is 3.40. The van der Waals surface area contributed by atoms with Gasteiger partial charge in [0.1, 0.15) is 0 Å². The summed E-state index contributed by atoms with van der Waals surface area (Å²) in [5.41, 5.74) is -0.465. The van der Waals surface area contributed by atoms with Gasteiger partial charge in [-0.15, -0.1) is 6.58 Å². The summed E-state index contributed by atoms with van der Waals surface area (Å²) < 4.78 is 4.75. The normalized spacial score (nSPS) is 35.0. The number of esters is 1. The minimum atomic E-state index is -1.36. The first kappa shape index (κ1) is 15.5. The van der Waals surface area contributed by atoms with E-state index in [2.05, 4.69) is 18.5 Å². The Morgan fingerprint density at radius 3 is 2.71 bits per heavy atom. The zero-order valence-electron chi connectivity index (χ0n) is 12.7. The Morgan fingerprint density at radius 1 is 1.57 bits per heavy atom. The zero-order chi connectivity index (χ0) is 16.0. The molecule has 1 amide bonds. The van der Waals surface area contributed by atoms with E-state index in [-0.39, 0.29) is 18.2 Å². The van der Waals surface area contributed by atoms with Crippen LogP contribution in [0, 0.1) is 11.3 Å². The molecule has 0 spiro atoms. The highest BCUT2D eigenvalue weighted by atomic mass is 16.5. The molecular formula is C16H21NO4. The first-order valence-electron chi connectivity index (χ1n) is 6.84. The molecule has 0 aromatic carbocycles. The highest BCUT2D eigenvalue weighted by Crippen LogP contribution is 2.52. The number of hydrogen-bond donors (Lipinski definition) is 2. The number of amides is 1. The maximum Gasteiger partial charge on any atom is 0.333 e. The van der Waals surface area contributed by atoms with Gasteiger partial charge in [-0.3, -0.25) is 4.79 Å². The van der Waals surface area contributed by atoms with E-state index in [1.54, 1.807) is 13.0 Å². The molecule has 21 heavy (non-hydrogen) atoms. The maximum atomic E-state index is 11.8. The molecule has 2 N–H and O–H groups in total. The van der Waals surface area contributed by atoms with Crippen LogP contribution in [0.2, 0.25) is 0 Å². The number of aliphatic hydroxyl groups is 1. The van der Waals surface area contributed by atoms with Crippen LogP contribution in [-0.2, 0) is 14.3 Å². The minimum Gasteiger partial charge on any atom is -0.466 e. The highest BCUT2D eigenvalue weighted by Gasteiger charge is 2.54. The third-order valence-electron chi connectivity index (χ3n) is 4.79. The topological polar surface area (TPSA) is 75.6 Å². The van der Waals surface area contributed by atoms with Crippen molar-refractivity contribution in [1.29, 1.82) is 0 Å². The van der Waals surface area contributed by atoms with E-state index in [4.69, 9.17) is 4.74 Å². The van der Waals surface area contributed by atoms with Crippen molar-refractivity contribution in [3.05, 3.63) is 36.0 Å². The first-order valence-corrected chi connectivity index (χ1v) is 6.84. The van der Waals surface area contributed by atoms with E-state index < -0.39 is 17.1 Å². The Labute approximate surface area is 124 Å². The Bertz CT molecular complexity index is 577. The number of carbonyl (C=O) groups excluding carboxylic acids is 2. The summed E-state index contributed by atoms with van der Waals surface area (Å²) in [4.78, 5) is 23.7. The number of hydrogen-bond acceptors (Lipinski definition) is 4. The van der Waals surface area contributed by atoms with Gasteiger partial charge < -0.3 is 15.2 Å². The van der Waals surface area contributed by atoms with Crippen molar-refractivity contribution in [3.8, 4) is 0 Å². The first-order chi connectivity index (χ1) is 9.68. The van der Waals surface area contributed by atoms with Gasteiger partial charge in [-0.1, -0.05) is 19.6 Å². The second-order valence-electron chi connectivity index (χ2n) is 6.08. The standard InChI is InChI=1S/C16H21NO4/c1-6-15(4)8-16(20)12(9(2)13(18)17-16)7-11(15)10(3)14(19)21-5/h6,11,20H,1,3,7-8H2,2,4-5H3,(H,17,18). The predicted molar refractivity (Wildman–Crippen MR) is 78.0 cm³/mol. The molecule has 114 valence electrons. The van der Waals surface area contributed by atoms with Crippen molar-refractivity contribution < 1.29 is 19.4 Å². The van der Waals surface area contributed by atoms with Crippen LogP contribution >= 0.6 is 0 Å². The monoisotopic (exact) mass is 291 g/mol. The minimum absolute atomic E-state index is 0.253. The summed E-state index contributed by atoms with van der Waals surface area (Å²) in [6, 6.07) is 0. The van der Waals surface area contributed by atoms with Crippen molar-refractivity contribution in [2.45, 2.75) is 32.4 Å². The van der Waals surface area contributed by atoms with Crippen LogP contribution in [0.4, 0.5) is 0 Å². The number of methoxy groups -OCH3 is 1. The summed E-state index contributed by atoms with van der Waals surface area (Å²) in [5.74, 6) is -1.02. The van der Waals surface area contributed by atoms with Gasteiger partial charge in [-0.2, -0.15) is 0 Å². The maximum absolute atomic E-state index is 11.8. The molecule has 1 fully saturated rings. The average Bonchev–Trinajstić information content (AvgIpc) is 2.65. The Hall–Kier alpha value is -1.88. The Kier molecular flexibility index (Phi) is 3.58. The molecule has 3 unspecified atom stereocenters. The fourth-order valence-electron chi connectivity index (χ4n) is 3.40. The molecule has 0 saturated heterocycles. The SMILES string of the molecule is C=CC1(C)CC2(O)NC(=O)C(C)=C2CC1C(=C)C(=O)OC. The fraction of sp³-hybridized carbons (Fsp3) is 0.500. The van der Waals surface area contributed by atoms with Gasteiger partial charge in [0.2, 0.25) is 5.91 Å². The highest BCUT2D eigenvalue weighted by molar-refractivity contribution is 5.98. The molecule has 5 heteroatoms. The van der Waals surface area contributed by atoms with Crippen LogP contribution in [0.15, 0.2) is 36.0 Å². The second kappa shape index (κ2) is 4.84. The van der Waals surface area contributed by atoms with Crippen LogP contribution in [0.5, 0.6) is 0 Å². The number of fused-ring (bicyclic) bond motifs is 1. The number of rotatable bonds is 3. The molecule has 1 aliphatic carbocycles. The third-order valence-corrected chi connectivity index (χ3v) is 4.79. The number of nitrogens with one attached hydrogen (secondary N) is 1. The molecule has 1 aliphatic heterocycles. The van der Waals surface area contributed by atoms with Crippen molar-refractivity contribution in [1.82, 2.24) is 5.32 Å². The van der Waals surface area contributed by atoms with Crippen LogP contribution < -0.4 is 5.32 Å². The average molecular weight is 291 g/mol. The molecule has 2 rings (SSSR count). The Balaban J connectivity index is 2.47. The van der Waals surface area contributed by atoms with Crippen molar-refractivity contribution >= 4 is 11.9 Å². The summed E-state index contributed by atoms with van der Waals surface area (Å²) in [6.45, 7) is 11.2. The van der Waals surface area contributed by atoms with Gasteiger partial charge in [0.25, 0.3) is 0 Å². The van der Waals surface area contributed by atoms with Crippen molar-refractivity contribution in [2.75, 3.05) is 7.11 Å². The smallest absolute Gasteiger partial charge is 0.333 e. The second-order valence-corrected chi connectivity index (χ2v) is 6.08. The predicted octanol–water partition coefficient (Wildman–Crippen LogP) is 1.45. The molecule has 1 saturated carbocycles. The van der Waals surface area contributed by atoms with Crippen LogP contribution in [0.3, 0.4) is 0 Å². The quantitative estimate of drug-likeness (QED) is 0.469. The number of ether oxygens (including phenoxy) is 1.